The molecule has 0 saturated carbocycles. The number of benzene rings is 4. The van der Waals surface area contributed by atoms with Crippen molar-refractivity contribution in [3.8, 4) is 5.75 Å². The second kappa shape index (κ2) is 14.3. The van der Waals surface area contributed by atoms with Crippen LogP contribution < -0.4 is 10.1 Å². The van der Waals surface area contributed by atoms with Gasteiger partial charge in [0.2, 0.25) is 21.8 Å². The number of fused-ring (bicyclic) bond motifs is 1. The van der Waals surface area contributed by atoms with Crippen LogP contribution in [0, 0.1) is 5.92 Å². The van der Waals surface area contributed by atoms with Crippen LogP contribution in [0.15, 0.2) is 102 Å². The highest BCUT2D eigenvalue weighted by Gasteiger charge is 2.33. The van der Waals surface area contributed by atoms with Crippen LogP contribution in [0.3, 0.4) is 0 Å². The highest BCUT2D eigenvalue weighted by molar-refractivity contribution is 7.89. The minimum absolute atomic E-state index is 0.0898. The lowest BCUT2D eigenvalue weighted by atomic mass is 10.0. The van der Waals surface area contributed by atoms with Crippen LogP contribution in [-0.4, -0.2) is 62.7 Å². The van der Waals surface area contributed by atoms with Gasteiger partial charge >= 0.3 is 0 Å². The number of likely N-dealkylation sites (N-methyl/N-ethyl adjacent to an activating group) is 1. The largest absolute Gasteiger partial charge is 0.497 e. The van der Waals surface area contributed by atoms with E-state index < -0.39 is 28.5 Å². The molecule has 0 saturated heterocycles. The summed E-state index contributed by atoms with van der Waals surface area (Å²) in [6.45, 7) is 4.09. The van der Waals surface area contributed by atoms with E-state index in [2.05, 4.69) is 5.32 Å². The summed E-state index contributed by atoms with van der Waals surface area (Å²) in [5, 5.41) is 4.69. The Bertz CT molecular complexity index is 1660. The monoisotopic (exact) mass is 601 g/mol. The molecule has 2 amide bonds. The third kappa shape index (κ3) is 8.21. The van der Waals surface area contributed by atoms with E-state index in [0.717, 1.165) is 26.2 Å². The SMILES string of the molecule is COc1cccc(CN(C(=O)CN(C)S(=O)(=O)c2ccc3ccccc3c2)[C@@H](Cc2ccccc2)C(=O)NCC(C)C)c1. The zero-order chi connectivity index (χ0) is 31.0. The van der Waals surface area contributed by atoms with Crippen LogP contribution in [0.1, 0.15) is 25.0 Å². The molecule has 0 aliphatic rings. The summed E-state index contributed by atoms with van der Waals surface area (Å²) >= 11 is 0. The highest BCUT2D eigenvalue weighted by atomic mass is 32.2. The average molecular weight is 602 g/mol. The zero-order valence-electron chi connectivity index (χ0n) is 25.1. The molecule has 0 aromatic heterocycles. The van der Waals surface area contributed by atoms with Crippen molar-refractivity contribution in [2.45, 2.75) is 37.8 Å². The van der Waals surface area contributed by atoms with Crippen molar-refractivity contribution in [1.29, 1.82) is 0 Å². The topological polar surface area (TPSA) is 96.0 Å². The van der Waals surface area contributed by atoms with Crippen LogP contribution in [0.4, 0.5) is 0 Å². The average Bonchev–Trinajstić information content (AvgIpc) is 3.01. The van der Waals surface area contributed by atoms with Crippen molar-refractivity contribution >= 4 is 32.6 Å². The molecule has 4 aromatic carbocycles. The maximum absolute atomic E-state index is 14.1. The molecule has 0 aliphatic carbocycles. The van der Waals surface area contributed by atoms with Crippen molar-refractivity contribution in [3.05, 3.63) is 108 Å². The lowest BCUT2D eigenvalue weighted by Gasteiger charge is -2.33. The van der Waals surface area contributed by atoms with Crippen molar-refractivity contribution in [1.82, 2.24) is 14.5 Å². The fourth-order valence-electron chi connectivity index (χ4n) is 4.82. The Labute approximate surface area is 254 Å². The summed E-state index contributed by atoms with van der Waals surface area (Å²) < 4.78 is 33.6. The van der Waals surface area contributed by atoms with Crippen LogP contribution in [0.2, 0.25) is 0 Å². The van der Waals surface area contributed by atoms with Gasteiger partial charge in [-0.25, -0.2) is 8.42 Å². The first-order valence-electron chi connectivity index (χ1n) is 14.3. The second-order valence-corrected chi connectivity index (χ2v) is 13.0. The first-order chi connectivity index (χ1) is 20.6. The van der Waals surface area contributed by atoms with Crippen molar-refractivity contribution in [2.24, 2.45) is 5.92 Å². The molecule has 0 heterocycles. The number of sulfonamides is 1. The van der Waals surface area contributed by atoms with Gasteiger partial charge in [-0.1, -0.05) is 86.6 Å². The van der Waals surface area contributed by atoms with Crippen LogP contribution in [0.5, 0.6) is 5.75 Å². The summed E-state index contributed by atoms with van der Waals surface area (Å²) in [4.78, 5) is 29.3. The fourth-order valence-corrected chi connectivity index (χ4v) is 5.97. The van der Waals surface area contributed by atoms with Gasteiger partial charge in [-0.2, -0.15) is 4.31 Å². The molecule has 0 spiro atoms. The molecule has 1 atom stereocenters. The lowest BCUT2D eigenvalue weighted by Crippen LogP contribution is -2.53. The van der Waals surface area contributed by atoms with E-state index in [1.165, 1.54) is 11.9 Å². The summed E-state index contributed by atoms with van der Waals surface area (Å²) in [5.41, 5.74) is 1.63. The predicted molar refractivity (Wildman–Crippen MR) is 169 cm³/mol. The Morgan fingerprint density at radius 2 is 1.51 bits per heavy atom. The van der Waals surface area contributed by atoms with E-state index in [1.54, 1.807) is 37.4 Å². The standard InChI is InChI=1S/C34H39N3O5S/c1-25(2)22-35-34(39)32(20-26-11-6-5-7-12-26)37(23-27-13-10-16-30(19-27)42-4)33(38)24-36(3)43(40,41)31-18-17-28-14-8-9-15-29(28)21-31/h5-19,21,25,32H,20,22-24H2,1-4H3,(H,35,39)/t32-/m0/s1. The third-order valence-electron chi connectivity index (χ3n) is 7.23. The molecule has 1 N–H and O–H groups in total. The number of amides is 2. The number of hydrogen-bond acceptors (Lipinski definition) is 5. The molecule has 0 bridgehead atoms. The number of carbonyl (C=O) groups excluding carboxylic acids is 2. The molecule has 0 radical (unpaired) electrons. The Hall–Kier alpha value is -4.21. The Kier molecular flexibility index (Phi) is 10.6. The van der Waals surface area contributed by atoms with Gasteiger partial charge in [-0.3, -0.25) is 9.59 Å². The van der Waals surface area contributed by atoms with Gasteiger partial charge in [0.1, 0.15) is 11.8 Å². The van der Waals surface area contributed by atoms with Crippen LogP contribution >= 0.6 is 0 Å². The van der Waals surface area contributed by atoms with Crippen molar-refractivity contribution < 1.29 is 22.7 Å². The maximum atomic E-state index is 14.1. The van der Waals surface area contributed by atoms with Crippen LogP contribution in [0.25, 0.3) is 10.8 Å². The first kappa shape index (κ1) is 31.7. The molecule has 226 valence electrons. The summed E-state index contributed by atoms with van der Waals surface area (Å²) in [6.07, 6.45) is 0.265. The molecular formula is C34H39N3O5S. The number of methoxy groups -OCH3 is 1. The predicted octanol–water partition coefficient (Wildman–Crippen LogP) is 4.88. The maximum Gasteiger partial charge on any atom is 0.243 e. The van der Waals surface area contributed by atoms with Gasteiger partial charge in [0.15, 0.2) is 0 Å². The van der Waals surface area contributed by atoms with E-state index in [4.69, 9.17) is 4.74 Å². The third-order valence-corrected chi connectivity index (χ3v) is 9.03. The summed E-state index contributed by atoms with van der Waals surface area (Å²) in [5.74, 6) is 0.0380. The molecule has 0 unspecified atom stereocenters. The number of carbonyl (C=O) groups is 2. The number of ether oxygens (including phenoxy) is 1. The van der Waals surface area contributed by atoms with E-state index in [-0.39, 0.29) is 29.7 Å². The van der Waals surface area contributed by atoms with Gasteiger partial charge in [0, 0.05) is 26.6 Å². The Balaban J connectivity index is 1.68. The molecule has 0 aliphatic heterocycles. The van der Waals surface area contributed by atoms with Gasteiger partial charge in [0.25, 0.3) is 0 Å². The van der Waals surface area contributed by atoms with Crippen LogP contribution in [-0.2, 0) is 32.6 Å². The zero-order valence-corrected chi connectivity index (χ0v) is 25.9. The number of rotatable bonds is 13. The number of nitrogens with zero attached hydrogens (tertiary/aromatic N) is 2. The van der Waals surface area contributed by atoms with E-state index in [1.807, 2.05) is 80.6 Å². The van der Waals surface area contributed by atoms with Crippen molar-refractivity contribution in [3.63, 3.8) is 0 Å². The number of hydrogen-bond donors (Lipinski definition) is 1. The summed E-state index contributed by atoms with van der Waals surface area (Å²) in [6, 6.07) is 28.3. The quantitative estimate of drug-likeness (QED) is 0.236. The normalized spacial score (nSPS) is 12.3. The van der Waals surface area contributed by atoms with Gasteiger partial charge in [-0.15, -0.1) is 0 Å². The minimum atomic E-state index is -4.00. The molecule has 0 fully saturated rings. The van der Waals surface area contributed by atoms with E-state index >= 15 is 0 Å². The molecule has 4 aromatic rings. The Morgan fingerprint density at radius 3 is 2.21 bits per heavy atom. The molecule has 4 rings (SSSR count). The second-order valence-electron chi connectivity index (χ2n) is 11.0. The van der Waals surface area contributed by atoms with Crippen molar-refractivity contribution in [2.75, 3.05) is 27.2 Å². The van der Waals surface area contributed by atoms with Gasteiger partial charge in [-0.05, 0) is 52.1 Å². The number of nitrogens with one attached hydrogen (secondary N) is 1. The molecular weight excluding hydrogens is 562 g/mol. The first-order valence-corrected chi connectivity index (χ1v) is 15.7. The van der Waals surface area contributed by atoms with E-state index in [0.29, 0.717) is 12.3 Å². The van der Waals surface area contributed by atoms with Gasteiger partial charge < -0.3 is 15.0 Å². The molecule has 8 nitrogen and oxygen atoms in total. The Morgan fingerprint density at radius 1 is 0.837 bits per heavy atom. The lowest BCUT2D eigenvalue weighted by molar-refractivity contribution is -0.141. The van der Waals surface area contributed by atoms with Gasteiger partial charge in [0.05, 0.1) is 18.6 Å². The molecule has 43 heavy (non-hydrogen) atoms. The fraction of sp³-hybridized carbons (Fsp3) is 0.294. The highest BCUT2D eigenvalue weighted by Crippen LogP contribution is 2.23. The smallest absolute Gasteiger partial charge is 0.243 e. The minimum Gasteiger partial charge on any atom is -0.497 e. The van der Waals surface area contributed by atoms with E-state index in [9.17, 15) is 18.0 Å². The molecule has 9 heteroatoms. The summed E-state index contributed by atoms with van der Waals surface area (Å²) in [7, 11) is -1.06.